The molecule has 1 heterocycles. The van der Waals surface area contributed by atoms with Gasteiger partial charge in [-0.25, -0.2) is 9.59 Å². The standard InChI is InChI=1S/C15H17BrO6/c1-9(16)15(10-7-5-4-6-8-10)21-11(13(17)19-2)12(22-15)14(18)20-3/h4-9,11-12H,1-3H3. The number of hydrogen-bond donors (Lipinski definition) is 0. The van der Waals surface area contributed by atoms with Crippen LogP contribution in [0.3, 0.4) is 0 Å². The lowest BCUT2D eigenvalue weighted by Gasteiger charge is -2.31. The third-order valence-electron chi connectivity index (χ3n) is 3.45. The van der Waals surface area contributed by atoms with Gasteiger partial charge >= 0.3 is 11.9 Å². The first-order valence-electron chi connectivity index (χ1n) is 6.67. The first-order chi connectivity index (χ1) is 10.5. The number of carbonyl (C=O) groups is 2. The van der Waals surface area contributed by atoms with Crippen LogP contribution in [-0.4, -0.2) is 43.2 Å². The Balaban J connectivity index is 2.45. The molecule has 3 unspecified atom stereocenters. The van der Waals surface area contributed by atoms with Crippen LogP contribution in [0.2, 0.25) is 0 Å². The summed E-state index contributed by atoms with van der Waals surface area (Å²) in [5, 5.41) is 0. The summed E-state index contributed by atoms with van der Waals surface area (Å²) >= 11 is 3.44. The van der Waals surface area contributed by atoms with Crippen molar-refractivity contribution in [3.63, 3.8) is 0 Å². The number of alkyl halides is 1. The van der Waals surface area contributed by atoms with Gasteiger partial charge in [0.25, 0.3) is 0 Å². The van der Waals surface area contributed by atoms with Crippen molar-refractivity contribution in [1.29, 1.82) is 0 Å². The van der Waals surface area contributed by atoms with Gasteiger partial charge in [-0.1, -0.05) is 46.3 Å². The molecule has 2 rings (SSSR count). The van der Waals surface area contributed by atoms with Gasteiger partial charge in [0.05, 0.1) is 19.0 Å². The Bertz CT molecular complexity index is 520. The maximum Gasteiger partial charge on any atom is 0.338 e. The van der Waals surface area contributed by atoms with E-state index in [4.69, 9.17) is 18.9 Å². The van der Waals surface area contributed by atoms with E-state index in [1.807, 2.05) is 18.2 Å². The van der Waals surface area contributed by atoms with E-state index < -0.39 is 29.9 Å². The van der Waals surface area contributed by atoms with Crippen LogP contribution in [0.4, 0.5) is 0 Å². The second-order valence-corrected chi connectivity index (χ2v) is 6.15. The molecule has 0 aromatic heterocycles. The number of carbonyl (C=O) groups excluding carboxylic acids is 2. The van der Waals surface area contributed by atoms with Crippen LogP contribution in [0.1, 0.15) is 12.5 Å². The summed E-state index contributed by atoms with van der Waals surface area (Å²) < 4.78 is 21.1. The second kappa shape index (κ2) is 6.76. The quantitative estimate of drug-likeness (QED) is 0.592. The average Bonchev–Trinajstić information content (AvgIpc) is 2.96. The van der Waals surface area contributed by atoms with E-state index in [0.717, 1.165) is 0 Å². The summed E-state index contributed by atoms with van der Waals surface area (Å²) in [7, 11) is 2.44. The monoisotopic (exact) mass is 372 g/mol. The number of esters is 2. The largest absolute Gasteiger partial charge is 0.467 e. The first kappa shape index (κ1) is 16.9. The van der Waals surface area contributed by atoms with Gasteiger partial charge in [0.1, 0.15) is 0 Å². The smallest absolute Gasteiger partial charge is 0.338 e. The van der Waals surface area contributed by atoms with Crippen molar-refractivity contribution in [3.8, 4) is 0 Å². The van der Waals surface area contributed by atoms with Gasteiger partial charge in [-0.15, -0.1) is 0 Å². The van der Waals surface area contributed by atoms with E-state index >= 15 is 0 Å². The Hall–Kier alpha value is -1.44. The Morgan fingerprint density at radius 3 is 1.91 bits per heavy atom. The predicted molar refractivity (Wildman–Crippen MR) is 80.3 cm³/mol. The number of benzene rings is 1. The van der Waals surface area contributed by atoms with Crippen LogP contribution in [0.5, 0.6) is 0 Å². The molecule has 0 radical (unpaired) electrons. The van der Waals surface area contributed by atoms with E-state index in [1.54, 1.807) is 19.1 Å². The number of rotatable bonds is 4. The van der Waals surface area contributed by atoms with E-state index in [0.29, 0.717) is 5.56 Å². The molecule has 1 fully saturated rings. The molecular weight excluding hydrogens is 356 g/mol. The molecule has 1 saturated heterocycles. The fourth-order valence-corrected chi connectivity index (χ4v) is 2.81. The molecule has 1 aromatic rings. The normalized spacial score (nSPS) is 28.9. The molecule has 1 aliphatic heterocycles. The number of methoxy groups -OCH3 is 2. The molecule has 1 aliphatic rings. The van der Waals surface area contributed by atoms with Crippen molar-refractivity contribution >= 4 is 27.9 Å². The van der Waals surface area contributed by atoms with Crippen molar-refractivity contribution in [2.24, 2.45) is 0 Å². The highest BCUT2D eigenvalue weighted by atomic mass is 79.9. The first-order valence-corrected chi connectivity index (χ1v) is 7.58. The van der Waals surface area contributed by atoms with Crippen LogP contribution in [0.15, 0.2) is 30.3 Å². The second-order valence-electron chi connectivity index (χ2n) is 4.77. The number of halogens is 1. The Morgan fingerprint density at radius 1 is 1.09 bits per heavy atom. The molecule has 0 aliphatic carbocycles. The zero-order chi connectivity index (χ0) is 16.3. The van der Waals surface area contributed by atoms with E-state index in [-0.39, 0.29) is 4.83 Å². The van der Waals surface area contributed by atoms with E-state index in [1.165, 1.54) is 14.2 Å². The van der Waals surface area contributed by atoms with E-state index in [2.05, 4.69) is 15.9 Å². The van der Waals surface area contributed by atoms with Gasteiger partial charge in [0.15, 0.2) is 12.2 Å². The van der Waals surface area contributed by atoms with Crippen LogP contribution >= 0.6 is 15.9 Å². The molecule has 120 valence electrons. The van der Waals surface area contributed by atoms with Crippen LogP contribution in [0.25, 0.3) is 0 Å². The maximum atomic E-state index is 11.9. The fourth-order valence-electron chi connectivity index (χ4n) is 2.33. The van der Waals surface area contributed by atoms with Gasteiger partial charge in [0, 0.05) is 5.56 Å². The Labute approximate surface area is 136 Å². The lowest BCUT2D eigenvalue weighted by atomic mass is 10.0. The van der Waals surface area contributed by atoms with Crippen molar-refractivity contribution in [2.75, 3.05) is 14.2 Å². The van der Waals surface area contributed by atoms with Gasteiger partial charge < -0.3 is 18.9 Å². The molecule has 6 nitrogen and oxygen atoms in total. The van der Waals surface area contributed by atoms with Gasteiger partial charge in [-0.2, -0.15) is 0 Å². The minimum Gasteiger partial charge on any atom is -0.467 e. The minimum atomic E-state index is -1.29. The Kier molecular flexibility index (Phi) is 5.20. The third-order valence-corrected chi connectivity index (χ3v) is 4.05. The SMILES string of the molecule is COC(=O)C1OC(c2ccccc2)(C(C)Br)OC1C(=O)OC. The highest BCUT2D eigenvalue weighted by molar-refractivity contribution is 9.09. The lowest BCUT2D eigenvalue weighted by Crippen LogP contribution is -2.38. The maximum absolute atomic E-state index is 11.9. The fraction of sp³-hybridized carbons (Fsp3) is 0.467. The summed E-state index contributed by atoms with van der Waals surface area (Å²) in [5.74, 6) is -2.68. The topological polar surface area (TPSA) is 71.1 Å². The minimum absolute atomic E-state index is 0.329. The highest BCUT2D eigenvalue weighted by Crippen LogP contribution is 2.43. The summed E-state index contributed by atoms with van der Waals surface area (Å²) in [6.07, 6.45) is -2.39. The lowest BCUT2D eigenvalue weighted by molar-refractivity contribution is -0.192. The van der Waals surface area contributed by atoms with Crippen molar-refractivity contribution in [3.05, 3.63) is 35.9 Å². The van der Waals surface area contributed by atoms with Gasteiger partial charge in [-0.05, 0) is 6.92 Å². The number of ether oxygens (including phenoxy) is 4. The van der Waals surface area contributed by atoms with Crippen molar-refractivity contribution in [2.45, 2.75) is 29.7 Å². The third kappa shape index (κ3) is 2.88. The Morgan fingerprint density at radius 2 is 1.55 bits per heavy atom. The zero-order valence-electron chi connectivity index (χ0n) is 12.4. The molecule has 0 amide bonds. The zero-order valence-corrected chi connectivity index (χ0v) is 14.0. The molecule has 0 spiro atoms. The summed E-state index contributed by atoms with van der Waals surface area (Å²) in [5.41, 5.74) is 0.680. The molecule has 22 heavy (non-hydrogen) atoms. The van der Waals surface area contributed by atoms with Crippen LogP contribution in [0, 0.1) is 0 Å². The summed E-state index contributed by atoms with van der Waals surface area (Å²) in [6.45, 7) is 1.81. The molecule has 3 atom stereocenters. The summed E-state index contributed by atoms with van der Waals surface area (Å²) in [6, 6.07) is 9.08. The highest BCUT2D eigenvalue weighted by Gasteiger charge is 2.57. The summed E-state index contributed by atoms with van der Waals surface area (Å²) in [4.78, 5) is 23.5. The van der Waals surface area contributed by atoms with Crippen molar-refractivity contribution in [1.82, 2.24) is 0 Å². The predicted octanol–water partition coefficient (Wildman–Crippen LogP) is 1.75. The van der Waals surface area contributed by atoms with Crippen LogP contribution in [-0.2, 0) is 34.3 Å². The van der Waals surface area contributed by atoms with E-state index in [9.17, 15) is 9.59 Å². The molecule has 1 aromatic carbocycles. The molecule has 0 N–H and O–H groups in total. The number of hydrogen-bond acceptors (Lipinski definition) is 6. The molecule has 7 heteroatoms. The molecule has 0 bridgehead atoms. The molecule has 0 saturated carbocycles. The van der Waals surface area contributed by atoms with Gasteiger partial charge in [0.2, 0.25) is 5.79 Å². The molecular formula is C15H17BrO6. The van der Waals surface area contributed by atoms with Crippen LogP contribution < -0.4 is 0 Å². The van der Waals surface area contributed by atoms with Crippen molar-refractivity contribution < 1.29 is 28.5 Å². The average molecular weight is 373 g/mol. The van der Waals surface area contributed by atoms with Gasteiger partial charge in [-0.3, -0.25) is 0 Å².